The van der Waals surface area contributed by atoms with Gasteiger partial charge in [0.05, 0.1) is 17.6 Å². The van der Waals surface area contributed by atoms with Crippen molar-refractivity contribution in [3.63, 3.8) is 0 Å². The molecule has 1 aromatic heterocycles. The van der Waals surface area contributed by atoms with Crippen LogP contribution in [0.5, 0.6) is 5.75 Å². The molecule has 6 heteroatoms. The summed E-state index contributed by atoms with van der Waals surface area (Å²) in [6.07, 6.45) is 2.17. The zero-order valence-electron chi connectivity index (χ0n) is 17.7. The lowest BCUT2D eigenvalue weighted by atomic mass is 10.1. The fraction of sp³-hybridized carbons (Fsp3) is 0.304. The molecule has 0 amide bonds. The van der Waals surface area contributed by atoms with Crippen LogP contribution in [0.25, 0.3) is 11.3 Å². The minimum atomic E-state index is -1.93. The lowest BCUT2D eigenvalue weighted by Gasteiger charge is -2.36. The number of aromatic nitrogens is 2. The SMILES string of the molecule is CC(C)(C)[Si](C)(C)Oc1cccc(-c2cnc(N)c(Cc3ccc(F)cc3)n2)c1. The van der Waals surface area contributed by atoms with Crippen LogP contribution in [0.1, 0.15) is 32.0 Å². The minimum absolute atomic E-state index is 0.117. The number of benzene rings is 2. The zero-order valence-corrected chi connectivity index (χ0v) is 18.7. The van der Waals surface area contributed by atoms with Gasteiger partial charge in [-0.1, -0.05) is 45.0 Å². The Balaban J connectivity index is 1.88. The molecule has 0 saturated carbocycles. The Morgan fingerprint density at radius 1 is 1.07 bits per heavy atom. The molecule has 152 valence electrons. The molecule has 2 aromatic carbocycles. The normalized spacial score (nSPS) is 12.1. The number of nitrogens with two attached hydrogens (primary N) is 1. The van der Waals surface area contributed by atoms with Gasteiger partial charge in [-0.2, -0.15) is 0 Å². The third-order valence-electron chi connectivity index (χ3n) is 5.47. The third kappa shape index (κ3) is 5.01. The van der Waals surface area contributed by atoms with E-state index in [0.717, 1.165) is 22.6 Å². The Morgan fingerprint density at radius 3 is 2.41 bits per heavy atom. The topological polar surface area (TPSA) is 61.0 Å². The Bertz CT molecular complexity index is 998. The second kappa shape index (κ2) is 7.95. The molecule has 0 radical (unpaired) electrons. The third-order valence-corrected chi connectivity index (χ3v) is 9.83. The predicted octanol–water partition coefficient (Wildman–Crippen LogP) is 5.84. The summed E-state index contributed by atoms with van der Waals surface area (Å²) in [5.74, 6) is 0.958. The average Bonchev–Trinajstić information content (AvgIpc) is 2.64. The van der Waals surface area contributed by atoms with E-state index in [9.17, 15) is 4.39 Å². The molecule has 29 heavy (non-hydrogen) atoms. The lowest BCUT2D eigenvalue weighted by molar-refractivity contribution is 0.492. The first-order chi connectivity index (χ1) is 13.5. The number of halogens is 1. The summed E-state index contributed by atoms with van der Waals surface area (Å²) in [5, 5.41) is 0.117. The van der Waals surface area contributed by atoms with Crippen LogP contribution in [0.15, 0.2) is 54.7 Å². The maximum absolute atomic E-state index is 13.2. The van der Waals surface area contributed by atoms with Crippen LogP contribution in [-0.2, 0) is 6.42 Å². The van der Waals surface area contributed by atoms with E-state index in [1.807, 2.05) is 24.3 Å². The highest BCUT2D eigenvalue weighted by Crippen LogP contribution is 2.38. The van der Waals surface area contributed by atoms with E-state index < -0.39 is 8.32 Å². The molecule has 0 unspecified atom stereocenters. The van der Waals surface area contributed by atoms with Crippen LogP contribution in [0.2, 0.25) is 18.1 Å². The summed E-state index contributed by atoms with van der Waals surface area (Å²) in [5.41, 5.74) is 9.30. The van der Waals surface area contributed by atoms with Crippen LogP contribution in [0.4, 0.5) is 10.2 Å². The maximum Gasteiger partial charge on any atom is 0.250 e. The number of hydrogen-bond donors (Lipinski definition) is 1. The Morgan fingerprint density at radius 2 is 1.76 bits per heavy atom. The highest BCUT2D eigenvalue weighted by atomic mass is 28.4. The van der Waals surface area contributed by atoms with E-state index in [2.05, 4.69) is 38.8 Å². The Kier molecular flexibility index (Phi) is 5.75. The van der Waals surface area contributed by atoms with E-state index in [-0.39, 0.29) is 10.9 Å². The van der Waals surface area contributed by atoms with Crippen LogP contribution < -0.4 is 10.2 Å². The molecule has 0 fully saturated rings. The second-order valence-electron chi connectivity index (χ2n) is 8.78. The van der Waals surface area contributed by atoms with E-state index in [1.165, 1.54) is 12.1 Å². The second-order valence-corrected chi connectivity index (χ2v) is 13.5. The van der Waals surface area contributed by atoms with E-state index in [0.29, 0.717) is 17.9 Å². The van der Waals surface area contributed by atoms with Crippen molar-refractivity contribution in [3.05, 3.63) is 71.8 Å². The van der Waals surface area contributed by atoms with E-state index in [1.54, 1.807) is 18.3 Å². The average molecular weight is 410 g/mol. The van der Waals surface area contributed by atoms with Gasteiger partial charge >= 0.3 is 0 Å². The van der Waals surface area contributed by atoms with Crippen LogP contribution in [0.3, 0.4) is 0 Å². The summed E-state index contributed by atoms with van der Waals surface area (Å²) in [6, 6.07) is 14.3. The molecule has 0 bridgehead atoms. The van der Waals surface area contributed by atoms with Crippen LogP contribution in [0, 0.1) is 5.82 Å². The fourth-order valence-electron chi connectivity index (χ4n) is 2.67. The molecule has 3 aromatic rings. The number of nitrogen functional groups attached to an aromatic ring is 1. The van der Waals surface area contributed by atoms with Crippen molar-refractivity contribution in [2.24, 2.45) is 0 Å². The largest absolute Gasteiger partial charge is 0.543 e. The molecule has 1 heterocycles. The van der Waals surface area contributed by atoms with Gasteiger partial charge in [-0.25, -0.2) is 14.4 Å². The minimum Gasteiger partial charge on any atom is -0.543 e. The fourth-order valence-corrected chi connectivity index (χ4v) is 3.69. The van der Waals surface area contributed by atoms with Crippen LogP contribution in [-0.4, -0.2) is 18.3 Å². The summed E-state index contributed by atoms with van der Waals surface area (Å²) >= 11 is 0. The van der Waals surface area contributed by atoms with Gasteiger partial charge in [0.15, 0.2) is 0 Å². The first-order valence-electron chi connectivity index (χ1n) is 9.70. The number of nitrogens with zero attached hydrogens (tertiary/aromatic N) is 2. The Labute approximate surface area is 173 Å². The quantitative estimate of drug-likeness (QED) is 0.538. The number of rotatable bonds is 5. The molecule has 3 rings (SSSR count). The number of anilines is 1. The molecule has 0 aliphatic heterocycles. The summed E-state index contributed by atoms with van der Waals surface area (Å²) in [6.45, 7) is 11.1. The van der Waals surface area contributed by atoms with E-state index >= 15 is 0 Å². The van der Waals surface area contributed by atoms with Crippen molar-refractivity contribution in [2.75, 3.05) is 5.73 Å². The molecule has 0 aliphatic carbocycles. The molecule has 0 aliphatic rings. The molecule has 0 atom stereocenters. The van der Waals surface area contributed by atoms with Gasteiger partial charge in [-0.05, 0) is 48.0 Å². The maximum atomic E-state index is 13.2. The molecule has 2 N–H and O–H groups in total. The van der Waals surface area contributed by atoms with Gasteiger partial charge in [0.25, 0.3) is 0 Å². The van der Waals surface area contributed by atoms with Crippen molar-refractivity contribution in [1.29, 1.82) is 0 Å². The predicted molar refractivity (Wildman–Crippen MR) is 119 cm³/mol. The van der Waals surface area contributed by atoms with Gasteiger partial charge in [-0.3, -0.25) is 0 Å². The highest BCUT2D eigenvalue weighted by Gasteiger charge is 2.38. The van der Waals surface area contributed by atoms with Gasteiger partial charge < -0.3 is 10.2 Å². The van der Waals surface area contributed by atoms with Gasteiger partial charge in [0, 0.05) is 12.0 Å². The monoisotopic (exact) mass is 409 g/mol. The standard InChI is InChI=1S/C23H28FN3OSi/c1-23(2,3)29(4,5)28-19-8-6-7-17(14-19)21-15-26-22(25)20(27-21)13-16-9-11-18(24)12-10-16/h6-12,14-15H,13H2,1-5H3,(H2,25,26). The first-order valence-corrected chi connectivity index (χ1v) is 12.6. The van der Waals surface area contributed by atoms with E-state index in [4.69, 9.17) is 15.1 Å². The molecule has 0 saturated heterocycles. The molecule has 0 spiro atoms. The van der Waals surface area contributed by atoms with Crippen molar-refractivity contribution in [1.82, 2.24) is 9.97 Å². The van der Waals surface area contributed by atoms with Crippen LogP contribution >= 0.6 is 0 Å². The van der Waals surface area contributed by atoms with Crippen molar-refractivity contribution in [2.45, 2.75) is 45.3 Å². The van der Waals surface area contributed by atoms with Crippen molar-refractivity contribution in [3.8, 4) is 17.0 Å². The summed E-state index contributed by atoms with van der Waals surface area (Å²) in [7, 11) is -1.93. The first kappa shape index (κ1) is 21.0. The smallest absolute Gasteiger partial charge is 0.250 e. The van der Waals surface area contributed by atoms with Crippen molar-refractivity contribution < 1.29 is 8.82 Å². The van der Waals surface area contributed by atoms with Gasteiger partial charge in [0.1, 0.15) is 17.4 Å². The number of hydrogen-bond acceptors (Lipinski definition) is 4. The zero-order chi connectivity index (χ0) is 21.2. The van der Waals surface area contributed by atoms with Gasteiger partial charge in [0.2, 0.25) is 8.32 Å². The summed E-state index contributed by atoms with van der Waals surface area (Å²) < 4.78 is 19.6. The van der Waals surface area contributed by atoms with Crippen molar-refractivity contribution >= 4 is 14.1 Å². The Hall–Kier alpha value is -2.73. The molecular formula is C23H28FN3OSi. The van der Waals surface area contributed by atoms with Gasteiger partial charge in [-0.15, -0.1) is 0 Å². The lowest BCUT2D eigenvalue weighted by Crippen LogP contribution is -2.43. The highest BCUT2D eigenvalue weighted by molar-refractivity contribution is 6.74. The molecule has 4 nitrogen and oxygen atoms in total. The molecular weight excluding hydrogens is 381 g/mol. The summed E-state index contributed by atoms with van der Waals surface area (Å²) in [4.78, 5) is 9.04.